The van der Waals surface area contributed by atoms with Crippen LogP contribution in [0, 0.1) is 11.3 Å². The van der Waals surface area contributed by atoms with Crippen molar-refractivity contribution in [3.8, 4) is 39.6 Å². The van der Waals surface area contributed by atoms with Crippen LogP contribution in [0.3, 0.4) is 0 Å². The zero-order valence-electron chi connectivity index (χ0n) is 20.6. The van der Waals surface area contributed by atoms with Gasteiger partial charge in [-0.15, -0.1) is 0 Å². The van der Waals surface area contributed by atoms with Gasteiger partial charge in [0.25, 0.3) is 0 Å². The highest BCUT2D eigenvalue weighted by atomic mass is 14.7. The second-order valence-corrected chi connectivity index (χ2v) is 9.52. The minimum absolute atomic E-state index is 0.611. The van der Waals surface area contributed by atoms with Crippen LogP contribution in [-0.2, 0) is 0 Å². The van der Waals surface area contributed by atoms with Crippen LogP contribution in [0.5, 0.6) is 0 Å². The number of fused-ring (bicyclic) bond motifs is 3. The maximum absolute atomic E-state index is 9.28. The first-order valence-corrected chi connectivity index (χ1v) is 12.7. The van der Waals surface area contributed by atoms with Crippen LogP contribution >= 0.6 is 0 Å². The predicted octanol–water partition coefficient (Wildman–Crippen LogP) is 9.41. The van der Waals surface area contributed by atoms with E-state index in [1.807, 2.05) is 6.07 Å². The number of benzene rings is 6. The quantitative estimate of drug-likeness (QED) is 0.235. The Hall–Kier alpha value is -5.26. The fourth-order valence-corrected chi connectivity index (χ4v) is 5.56. The smallest absolute Gasteiger partial charge is 0.0992 e. The highest BCUT2D eigenvalue weighted by molar-refractivity contribution is 6.21. The van der Waals surface area contributed by atoms with Crippen molar-refractivity contribution in [2.75, 3.05) is 0 Å². The van der Waals surface area contributed by atoms with E-state index in [2.05, 4.69) is 126 Å². The molecular weight excluding hydrogens is 460 g/mol. The van der Waals surface area contributed by atoms with Crippen molar-refractivity contribution < 1.29 is 0 Å². The van der Waals surface area contributed by atoms with Gasteiger partial charge in [0.1, 0.15) is 0 Å². The van der Waals surface area contributed by atoms with Gasteiger partial charge < -0.3 is 0 Å². The van der Waals surface area contributed by atoms with Gasteiger partial charge in [0, 0.05) is 11.8 Å². The summed E-state index contributed by atoms with van der Waals surface area (Å²) in [6, 6.07) is 47.0. The Morgan fingerprint density at radius 1 is 0.474 bits per heavy atom. The summed E-state index contributed by atoms with van der Waals surface area (Å²) in [6.07, 6.45) is 1.69. The lowest BCUT2D eigenvalue weighted by atomic mass is 9.85. The molecule has 0 saturated carbocycles. The molecule has 0 aliphatic heterocycles. The maximum Gasteiger partial charge on any atom is 0.0992 e. The third-order valence-electron chi connectivity index (χ3n) is 7.33. The molecule has 2 nitrogen and oxygen atoms in total. The summed E-state index contributed by atoms with van der Waals surface area (Å²) in [5, 5.41) is 16.7. The van der Waals surface area contributed by atoms with Gasteiger partial charge >= 0.3 is 0 Å². The third-order valence-corrected chi connectivity index (χ3v) is 7.33. The molecule has 0 bridgehead atoms. The summed E-state index contributed by atoms with van der Waals surface area (Å²) in [7, 11) is 0. The molecule has 0 N–H and O–H groups in total. The molecule has 0 saturated heterocycles. The molecule has 0 unspecified atom stereocenters. The zero-order valence-corrected chi connectivity index (χ0v) is 20.6. The first kappa shape index (κ1) is 22.0. The van der Waals surface area contributed by atoms with Gasteiger partial charge in [0.05, 0.1) is 17.3 Å². The summed E-state index contributed by atoms with van der Waals surface area (Å²) < 4.78 is 0. The van der Waals surface area contributed by atoms with Gasteiger partial charge in [0.15, 0.2) is 0 Å². The number of nitrogens with zero attached hydrogens (tertiary/aromatic N) is 2. The average molecular weight is 483 g/mol. The van der Waals surface area contributed by atoms with Crippen molar-refractivity contribution in [3.05, 3.63) is 139 Å². The van der Waals surface area contributed by atoms with Crippen LogP contribution in [0.4, 0.5) is 0 Å². The Labute approximate surface area is 221 Å². The second kappa shape index (κ2) is 9.00. The molecule has 0 aliphatic carbocycles. The first-order chi connectivity index (χ1) is 18.8. The van der Waals surface area contributed by atoms with Gasteiger partial charge in [-0.3, -0.25) is 4.98 Å². The predicted molar refractivity (Wildman–Crippen MR) is 158 cm³/mol. The summed E-state index contributed by atoms with van der Waals surface area (Å²) in [4.78, 5) is 4.48. The van der Waals surface area contributed by atoms with E-state index < -0.39 is 0 Å². The van der Waals surface area contributed by atoms with Crippen LogP contribution in [0.2, 0.25) is 0 Å². The Balaban J connectivity index is 1.47. The molecule has 6 aromatic carbocycles. The normalized spacial score (nSPS) is 11.1. The molecule has 2 heteroatoms. The third kappa shape index (κ3) is 3.61. The van der Waals surface area contributed by atoms with Crippen molar-refractivity contribution in [2.24, 2.45) is 0 Å². The fraction of sp³-hybridized carbons (Fsp3) is 0. The van der Waals surface area contributed by atoms with E-state index in [9.17, 15) is 5.26 Å². The van der Waals surface area contributed by atoms with Gasteiger partial charge in [-0.05, 0) is 72.8 Å². The van der Waals surface area contributed by atoms with Gasteiger partial charge in [-0.2, -0.15) is 5.26 Å². The molecule has 176 valence electrons. The van der Waals surface area contributed by atoms with Gasteiger partial charge in [0.2, 0.25) is 0 Å². The largest absolute Gasteiger partial charge is 0.256 e. The molecule has 0 radical (unpaired) electrons. The van der Waals surface area contributed by atoms with E-state index in [0.717, 1.165) is 16.8 Å². The van der Waals surface area contributed by atoms with E-state index >= 15 is 0 Å². The standard InChI is InChI=1S/C36H22N2/c37-23-24-19-20-38-34(21-24)26-14-16-27(17-15-26)35-30-9-3-5-11-32(30)36(33-12-6-4-10-31(33)35)29-18-13-25-7-1-2-8-28(25)22-29/h1-22H. The summed E-state index contributed by atoms with van der Waals surface area (Å²) >= 11 is 0. The Morgan fingerprint density at radius 2 is 1.00 bits per heavy atom. The van der Waals surface area contributed by atoms with Gasteiger partial charge in [-0.25, -0.2) is 0 Å². The average Bonchev–Trinajstić information content (AvgIpc) is 2.99. The SMILES string of the molecule is N#Cc1ccnc(-c2ccc(-c3c4ccccc4c(-c4ccc5ccccc5c4)c4ccccc34)cc2)c1. The van der Waals surface area contributed by atoms with Crippen LogP contribution in [0.25, 0.3) is 65.8 Å². The molecule has 0 atom stereocenters. The van der Waals surface area contributed by atoms with Crippen molar-refractivity contribution in [2.45, 2.75) is 0 Å². The molecular formula is C36H22N2. The number of aromatic nitrogens is 1. The second-order valence-electron chi connectivity index (χ2n) is 9.52. The van der Waals surface area contributed by atoms with Crippen LogP contribution in [0.1, 0.15) is 5.56 Å². The summed E-state index contributed by atoms with van der Waals surface area (Å²) in [6.45, 7) is 0. The number of hydrogen-bond acceptors (Lipinski definition) is 2. The summed E-state index contributed by atoms with van der Waals surface area (Å²) in [5.41, 5.74) is 7.28. The Kier molecular flexibility index (Phi) is 5.20. The Bertz CT molecular complexity index is 1970. The fourth-order valence-electron chi connectivity index (χ4n) is 5.56. The maximum atomic E-state index is 9.28. The number of rotatable bonds is 3. The minimum Gasteiger partial charge on any atom is -0.256 e. The van der Waals surface area contributed by atoms with Crippen molar-refractivity contribution in [1.29, 1.82) is 5.26 Å². The highest BCUT2D eigenvalue weighted by Crippen LogP contribution is 2.44. The van der Waals surface area contributed by atoms with E-state index in [4.69, 9.17) is 0 Å². The molecule has 0 aliphatic rings. The topological polar surface area (TPSA) is 36.7 Å². The van der Waals surface area contributed by atoms with Crippen molar-refractivity contribution >= 4 is 32.3 Å². The minimum atomic E-state index is 0.611. The summed E-state index contributed by atoms with van der Waals surface area (Å²) in [5.74, 6) is 0. The van der Waals surface area contributed by atoms with Crippen LogP contribution in [0.15, 0.2) is 134 Å². The molecule has 1 aromatic heterocycles. The lowest BCUT2D eigenvalue weighted by Gasteiger charge is -2.18. The molecule has 0 amide bonds. The Morgan fingerprint density at radius 3 is 1.63 bits per heavy atom. The number of pyridine rings is 1. The van der Waals surface area contributed by atoms with Gasteiger partial charge in [-0.1, -0.05) is 109 Å². The number of nitriles is 1. The van der Waals surface area contributed by atoms with E-state index in [0.29, 0.717) is 5.56 Å². The monoisotopic (exact) mass is 482 g/mol. The molecule has 38 heavy (non-hydrogen) atoms. The molecule has 7 aromatic rings. The highest BCUT2D eigenvalue weighted by Gasteiger charge is 2.16. The van der Waals surface area contributed by atoms with E-state index in [1.165, 1.54) is 49.0 Å². The van der Waals surface area contributed by atoms with E-state index in [1.54, 1.807) is 12.3 Å². The lowest BCUT2D eigenvalue weighted by Crippen LogP contribution is -1.91. The van der Waals surface area contributed by atoms with Crippen LogP contribution in [-0.4, -0.2) is 4.98 Å². The zero-order chi connectivity index (χ0) is 25.5. The van der Waals surface area contributed by atoms with Crippen molar-refractivity contribution in [3.63, 3.8) is 0 Å². The first-order valence-electron chi connectivity index (χ1n) is 12.7. The van der Waals surface area contributed by atoms with Crippen molar-refractivity contribution in [1.82, 2.24) is 4.98 Å². The molecule has 1 heterocycles. The number of hydrogen-bond donors (Lipinski definition) is 0. The lowest BCUT2D eigenvalue weighted by molar-refractivity contribution is 1.31. The van der Waals surface area contributed by atoms with Crippen LogP contribution < -0.4 is 0 Å². The molecule has 0 fully saturated rings. The molecule has 7 rings (SSSR count). The van der Waals surface area contributed by atoms with E-state index in [-0.39, 0.29) is 0 Å². The molecule has 0 spiro atoms.